The van der Waals surface area contributed by atoms with Crippen LogP contribution in [0.3, 0.4) is 0 Å². The number of carbonyl (C=O) groups is 1. The number of halogens is 5. The highest BCUT2D eigenvalue weighted by molar-refractivity contribution is 5.95. The second kappa shape index (κ2) is 7.64. The Morgan fingerprint density at radius 2 is 1.93 bits per heavy atom. The van der Waals surface area contributed by atoms with Crippen molar-refractivity contribution in [2.24, 2.45) is 7.05 Å². The number of aryl methyl sites for hydroxylation is 1. The summed E-state index contributed by atoms with van der Waals surface area (Å²) in [7, 11) is 1.70. The summed E-state index contributed by atoms with van der Waals surface area (Å²) in [6, 6.07) is 2.03. The van der Waals surface area contributed by atoms with Crippen molar-refractivity contribution in [2.45, 2.75) is 24.9 Å². The van der Waals surface area contributed by atoms with Crippen LogP contribution in [0.2, 0.25) is 0 Å². The van der Waals surface area contributed by atoms with Gasteiger partial charge in [-0.15, -0.1) is 5.10 Å². The van der Waals surface area contributed by atoms with E-state index in [0.29, 0.717) is 36.9 Å². The minimum atomic E-state index is -4.91. The number of likely N-dealkylation sites (tertiary alicyclic amines) is 1. The van der Waals surface area contributed by atoms with Gasteiger partial charge in [-0.1, -0.05) is 6.07 Å². The van der Waals surface area contributed by atoms with E-state index >= 15 is 0 Å². The van der Waals surface area contributed by atoms with Crippen LogP contribution in [0.25, 0.3) is 6.08 Å². The summed E-state index contributed by atoms with van der Waals surface area (Å²) in [5, 5.41) is 11.2. The zero-order valence-corrected chi connectivity index (χ0v) is 14.7. The zero-order chi connectivity index (χ0) is 20.5. The van der Waals surface area contributed by atoms with Gasteiger partial charge in [0, 0.05) is 26.1 Å². The standard InChI is InChI=1S/C17H16F5N5O/c1-26-15(23-24-25-26)11-4-6-27(7-5-11)16(28)14(19)9-10-2-3-13(18)12(8-10)17(20,21)22/h2-3,8-9,11H,4-7H2,1H3/b14-9-. The van der Waals surface area contributed by atoms with Gasteiger partial charge in [-0.25, -0.2) is 13.5 Å². The molecule has 2 aromatic rings. The summed E-state index contributed by atoms with van der Waals surface area (Å²) in [5.74, 6) is -2.89. The van der Waals surface area contributed by atoms with Crippen molar-refractivity contribution >= 4 is 12.0 Å². The fraction of sp³-hybridized carbons (Fsp3) is 0.412. The Bertz CT molecular complexity index is 900. The van der Waals surface area contributed by atoms with Crippen molar-refractivity contribution in [3.05, 3.63) is 46.8 Å². The third kappa shape index (κ3) is 4.18. The van der Waals surface area contributed by atoms with Crippen LogP contribution in [-0.4, -0.2) is 44.1 Å². The molecule has 0 aliphatic carbocycles. The molecule has 1 aromatic carbocycles. The molecule has 150 valence electrons. The van der Waals surface area contributed by atoms with E-state index in [4.69, 9.17) is 0 Å². The molecule has 0 saturated carbocycles. The van der Waals surface area contributed by atoms with Gasteiger partial charge in [0.25, 0.3) is 5.91 Å². The average Bonchev–Trinajstić information content (AvgIpc) is 3.08. The summed E-state index contributed by atoms with van der Waals surface area (Å²) < 4.78 is 67.4. The molecule has 0 N–H and O–H groups in total. The minimum Gasteiger partial charge on any atom is -0.337 e. The van der Waals surface area contributed by atoms with Crippen molar-refractivity contribution in [3.63, 3.8) is 0 Å². The number of hydrogen-bond acceptors (Lipinski definition) is 4. The normalized spacial score (nSPS) is 16.5. The first-order valence-corrected chi connectivity index (χ1v) is 8.42. The first-order valence-electron chi connectivity index (χ1n) is 8.42. The fourth-order valence-corrected chi connectivity index (χ4v) is 3.13. The van der Waals surface area contributed by atoms with Gasteiger partial charge in [-0.05, 0) is 47.0 Å². The Balaban J connectivity index is 1.69. The van der Waals surface area contributed by atoms with Crippen LogP contribution >= 0.6 is 0 Å². The first-order chi connectivity index (χ1) is 13.2. The summed E-state index contributed by atoms with van der Waals surface area (Å²) in [6.45, 7) is 0.518. The molecule has 1 saturated heterocycles. The highest BCUT2D eigenvalue weighted by Gasteiger charge is 2.34. The van der Waals surface area contributed by atoms with Gasteiger partial charge < -0.3 is 4.90 Å². The van der Waals surface area contributed by atoms with E-state index in [0.717, 1.165) is 6.07 Å². The molecule has 0 unspecified atom stereocenters. The Morgan fingerprint density at radius 1 is 1.25 bits per heavy atom. The molecule has 2 heterocycles. The lowest BCUT2D eigenvalue weighted by Crippen LogP contribution is -2.38. The molecule has 1 fully saturated rings. The molecule has 0 spiro atoms. The van der Waals surface area contributed by atoms with Crippen molar-refractivity contribution in [2.75, 3.05) is 13.1 Å². The Morgan fingerprint density at radius 3 is 2.50 bits per heavy atom. The number of carbonyl (C=O) groups excluding carboxylic acids is 1. The maximum atomic E-state index is 14.3. The molecule has 0 radical (unpaired) electrons. The molecule has 1 aliphatic heterocycles. The van der Waals surface area contributed by atoms with Crippen LogP contribution < -0.4 is 0 Å². The van der Waals surface area contributed by atoms with Crippen molar-refractivity contribution in [1.29, 1.82) is 0 Å². The monoisotopic (exact) mass is 401 g/mol. The lowest BCUT2D eigenvalue weighted by atomic mass is 9.96. The molecule has 1 aliphatic rings. The number of tetrazole rings is 1. The van der Waals surface area contributed by atoms with E-state index in [9.17, 15) is 26.7 Å². The smallest absolute Gasteiger partial charge is 0.337 e. The summed E-state index contributed by atoms with van der Waals surface area (Å²) >= 11 is 0. The fourth-order valence-electron chi connectivity index (χ4n) is 3.13. The van der Waals surface area contributed by atoms with E-state index in [-0.39, 0.29) is 24.6 Å². The topological polar surface area (TPSA) is 63.9 Å². The molecule has 1 amide bonds. The van der Waals surface area contributed by atoms with E-state index in [1.165, 1.54) is 9.58 Å². The summed E-state index contributed by atoms with van der Waals surface area (Å²) in [5.41, 5.74) is -1.76. The average molecular weight is 401 g/mol. The molecule has 1 aromatic heterocycles. The molecule has 6 nitrogen and oxygen atoms in total. The van der Waals surface area contributed by atoms with E-state index in [2.05, 4.69) is 15.5 Å². The highest BCUT2D eigenvalue weighted by Crippen LogP contribution is 2.32. The highest BCUT2D eigenvalue weighted by atomic mass is 19.4. The van der Waals surface area contributed by atoms with Gasteiger partial charge in [0.2, 0.25) is 0 Å². The zero-order valence-electron chi connectivity index (χ0n) is 14.7. The van der Waals surface area contributed by atoms with Crippen molar-refractivity contribution in [3.8, 4) is 0 Å². The third-order valence-electron chi connectivity index (χ3n) is 4.59. The van der Waals surface area contributed by atoms with Crippen LogP contribution in [0, 0.1) is 5.82 Å². The number of amides is 1. The van der Waals surface area contributed by atoms with Crippen LogP contribution in [0.1, 0.15) is 35.7 Å². The van der Waals surface area contributed by atoms with Gasteiger partial charge in [0.1, 0.15) is 5.82 Å². The summed E-state index contributed by atoms with van der Waals surface area (Å²) in [4.78, 5) is 13.5. The first kappa shape index (κ1) is 19.9. The molecule has 11 heteroatoms. The number of hydrogen-bond donors (Lipinski definition) is 0. The maximum absolute atomic E-state index is 14.3. The molecular formula is C17H16F5N5O. The Kier molecular flexibility index (Phi) is 5.43. The van der Waals surface area contributed by atoms with Gasteiger partial charge in [-0.2, -0.15) is 13.2 Å². The number of piperidine rings is 1. The van der Waals surface area contributed by atoms with E-state index in [1.807, 2.05) is 0 Å². The molecule has 0 bridgehead atoms. The van der Waals surface area contributed by atoms with Gasteiger partial charge in [0.15, 0.2) is 11.7 Å². The predicted octanol–water partition coefficient (Wildman–Crippen LogP) is 3.08. The number of alkyl halides is 3. The number of nitrogens with zero attached hydrogens (tertiary/aromatic N) is 5. The number of benzene rings is 1. The molecular weight excluding hydrogens is 385 g/mol. The van der Waals surface area contributed by atoms with E-state index < -0.39 is 29.3 Å². The van der Waals surface area contributed by atoms with Crippen LogP contribution in [-0.2, 0) is 18.0 Å². The van der Waals surface area contributed by atoms with Gasteiger partial charge in [-0.3, -0.25) is 4.79 Å². The van der Waals surface area contributed by atoms with Crippen LogP contribution in [0.5, 0.6) is 0 Å². The second-order valence-corrected chi connectivity index (χ2v) is 6.46. The van der Waals surface area contributed by atoms with Crippen molar-refractivity contribution < 1.29 is 26.7 Å². The van der Waals surface area contributed by atoms with Crippen molar-refractivity contribution in [1.82, 2.24) is 25.1 Å². The third-order valence-corrected chi connectivity index (χ3v) is 4.59. The number of rotatable bonds is 3. The predicted molar refractivity (Wildman–Crippen MR) is 87.8 cm³/mol. The Labute approximate surface area is 156 Å². The second-order valence-electron chi connectivity index (χ2n) is 6.46. The van der Waals surface area contributed by atoms with Gasteiger partial charge in [0.05, 0.1) is 5.56 Å². The number of aromatic nitrogens is 4. The molecule has 3 rings (SSSR count). The van der Waals surface area contributed by atoms with E-state index in [1.54, 1.807) is 7.05 Å². The SMILES string of the molecule is Cn1nnnc1C1CCN(C(=O)/C(F)=C/c2ccc(F)c(C(F)(F)F)c2)CC1. The van der Waals surface area contributed by atoms with Crippen LogP contribution in [0.15, 0.2) is 24.0 Å². The van der Waals surface area contributed by atoms with Crippen LogP contribution in [0.4, 0.5) is 22.0 Å². The molecule has 28 heavy (non-hydrogen) atoms. The van der Waals surface area contributed by atoms with Gasteiger partial charge >= 0.3 is 6.18 Å². The summed E-state index contributed by atoms with van der Waals surface area (Å²) in [6.07, 6.45) is -3.18. The minimum absolute atomic E-state index is 0.0301. The lowest BCUT2D eigenvalue weighted by molar-refractivity contribution is -0.140. The largest absolute Gasteiger partial charge is 0.419 e. The Hall–Kier alpha value is -2.85. The lowest BCUT2D eigenvalue weighted by Gasteiger charge is -2.30. The molecule has 0 atom stereocenters. The maximum Gasteiger partial charge on any atom is 0.419 e. The quantitative estimate of drug-likeness (QED) is 0.586.